The molecule has 2 rings (SSSR count). The van der Waals surface area contributed by atoms with E-state index in [1.807, 2.05) is 45.0 Å². The van der Waals surface area contributed by atoms with Crippen LogP contribution in [0.1, 0.15) is 23.6 Å². The molecule has 2 amide bonds. The summed E-state index contributed by atoms with van der Waals surface area (Å²) >= 11 is 0. The summed E-state index contributed by atoms with van der Waals surface area (Å²) in [5, 5.41) is 0. The molecule has 6 heteroatoms. The Kier molecular flexibility index (Phi) is 6.60. The monoisotopic (exact) mass is 356 g/mol. The number of benzene rings is 2. The number of hydrogen-bond acceptors (Lipinski definition) is 4. The van der Waals surface area contributed by atoms with Crippen LogP contribution in [0.25, 0.3) is 0 Å². The lowest BCUT2D eigenvalue weighted by Gasteiger charge is -2.17. The van der Waals surface area contributed by atoms with Gasteiger partial charge >= 0.3 is 0 Å². The van der Waals surface area contributed by atoms with Crippen LogP contribution in [-0.4, -0.2) is 24.5 Å². The van der Waals surface area contributed by atoms with Crippen molar-refractivity contribution in [3.05, 3.63) is 59.2 Å². The van der Waals surface area contributed by atoms with Gasteiger partial charge in [-0.25, -0.2) is 0 Å². The highest BCUT2D eigenvalue weighted by molar-refractivity contribution is 5.85. The first kappa shape index (κ1) is 19.3. The summed E-state index contributed by atoms with van der Waals surface area (Å²) in [5.41, 5.74) is 7.81. The number of rotatable bonds is 6. The van der Waals surface area contributed by atoms with Gasteiger partial charge in [0.2, 0.25) is 0 Å². The van der Waals surface area contributed by atoms with Crippen molar-refractivity contribution < 1.29 is 19.1 Å². The molecule has 0 aliphatic carbocycles. The highest BCUT2D eigenvalue weighted by Gasteiger charge is 2.16. The van der Waals surface area contributed by atoms with E-state index in [0.717, 1.165) is 16.7 Å². The van der Waals surface area contributed by atoms with E-state index in [2.05, 4.69) is 10.9 Å². The molecule has 0 aliphatic heterocycles. The zero-order valence-corrected chi connectivity index (χ0v) is 15.5. The van der Waals surface area contributed by atoms with Crippen molar-refractivity contribution in [2.75, 3.05) is 6.61 Å². The minimum atomic E-state index is -0.756. The van der Waals surface area contributed by atoms with Crippen molar-refractivity contribution in [3.63, 3.8) is 0 Å². The Labute approximate surface area is 153 Å². The Morgan fingerprint density at radius 2 is 1.69 bits per heavy atom. The summed E-state index contributed by atoms with van der Waals surface area (Å²) in [5.74, 6) is 0.317. The van der Waals surface area contributed by atoms with E-state index in [9.17, 15) is 9.59 Å². The van der Waals surface area contributed by atoms with Crippen LogP contribution in [0.2, 0.25) is 0 Å². The van der Waals surface area contributed by atoms with E-state index >= 15 is 0 Å². The fourth-order valence-electron chi connectivity index (χ4n) is 2.15. The summed E-state index contributed by atoms with van der Waals surface area (Å²) < 4.78 is 11.0. The van der Waals surface area contributed by atoms with E-state index in [0.29, 0.717) is 11.5 Å². The van der Waals surface area contributed by atoms with E-state index in [-0.39, 0.29) is 6.61 Å². The van der Waals surface area contributed by atoms with Crippen LogP contribution in [0.3, 0.4) is 0 Å². The number of hydrazine groups is 1. The van der Waals surface area contributed by atoms with Crippen molar-refractivity contribution in [2.45, 2.75) is 33.8 Å². The van der Waals surface area contributed by atoms with E-state index in [1.54, 1.807) is 25.1 Å². The van der Waals surface area contributed by atoms with Crippen molar-refractivity contribution >= 4 is 11.8 Å². The average molecular weight is 356 g/mol. The maximum Gasteiger partial charge on any atom is 0.279 e. The highest BCUT2D eigenvalue weighted by atomic mass is 16.5. The zero-order chi connectivity index (χ0) is 19.1. The average Bonchev–Trinajstić information content (AvgIpc) is 2.63. The van der Waals surface area contributed by atoms with Gasteiger partial charge in [-0.1, -0.05) is 29.8 Å². The number of ether oxygens (including phenoxy) is 2. The Morgan fingerprint density at radius 3 is 2.38 bits per heavy atom. The minimum Gasteiger partial charge on any atom is -0.484 e. The summed E-state index contributed by atoms with van der Waals surface area (Å²) in [6.45, 7) is 7.29. The number of carbonyl (C=O) groups is 2. The first-order valence-electron chi connectivity index (χ1n) is 8.38. The van der Waals surface area contributed by atoms with Gasteiger partial charge in [-0.3, -0.25) is 20.4 Å². The summed E-state index contributed by atoms with van der Waals surface area (Å²) in [4.78, 5) is 23.8. The predicted octanol–water partition coefficient (Wildman–Crippen LogP) is 2.61. The van der Waals surface area contributed by atoms with E-state index in [1.165, 1.54) is 0 Å². The predicted molar refractivity (Wildman–Crippen MR) is 99.0 cm³/mol. The summed E-state index contributed by atoms with van der Waals surface area (Å²) in [6, 6.07) is 13.0. The van der Waals surface area contributed by atoms with Crippen LogP contribution in [0, 0.1) is 20.8 Å². The largest absolute Gasteiger partial charge is 0.484 e. The third-order valence-corrected chi connectivity index (χ3v) is 3.94. The molecular formula is C20H24N2O4. The smallest absolute Gasteiger partial charge is 0.279 e. The first-order valence-corrected chi connectivity index (χ1v) is 8.38. The van der Waals surface area contributed by atoms with Crippen molar-refractivity contribution in [3.8, 4) is 11.5 Å². The molecule has 1 atom stereocenters. The topological polar surface area (TPSA) is 76.7 Å². The Balaban J connectivity index is 1.77. The van der Waals surface area contributed by atoms with Gasteiger partial charge in [0.1, 0.15) is 11.5 Å². The Bertz CT molecular complexity index is 772. The number of nitrogens with one attached hydrogen (secondary N) is 2. The number of carbonyl (C=O) groups excluding carboxylic acids is 2. The maximum absolute atomic E-state index is 12.1. The molecule has 0 heterocycles. The molecule has 138 valence electrons. The highest BCUT2D eigenvalue weighted by Crippen LogP contribution is 2.21. The molecule has 2 aromatic rings. The van der Waals surface area contributed by atoms with Crippen LogP contribution in [0.4, 0.5) is 0 Å². The lowest BCUT2D eigenvalue weighted by Crippen LogP contribution is -2.48. The first-order chi connectivity index (χ1) is 12.4. The van der Waals surface area contributed by atoms with Gasteiger partial charge in [-0.05, 0) is 57.0 Å². The lowest BCUT2D eigenvalue weighted by atomic mass is 10.1. The van der Waals surface area contributed by atoms with E-state index < -0.39 is 17.9 Å². The molecule has 0 aromatic heterocycles. The van der Waals surface area contributed by atoms with Crippen LogP contribution in [0.5, 0.6) is 11.5 Å². The quantitative estimate of drug-likeness (QED) is 0.780. The molecule has 0 bridgehead atoms. The molecule has 0 saturated carbocycles. The third kappa shape index (κ3) is 5.51. The van der Waals surface area contributed by atoms with Gasteiger partial charge in [-0.15, -0.1) is 0 Å². The van der Waals surface area contributed by atoms with Crippen LogP contribution in [-0.2, 0) is 9.59 Å². The number of hydrogen-bond donors (Lipinski definition) is 2. The standard InChI is InChI=1S/C20H24N2O4/c1-13-8-10-17(11-9-13)25-12-19(23)21-22-20(24)16(4)26-18-7-5-6-14(2)15(18)3/h5-11,16H,12H2,1-4H3,(H,21,23)(H,22,24). The number of aryl methyl sites for hydroxylation is 2. The normalized spacial score (nSPS) is 11.4. The molecule has 0 fully saturated rings. The molecule has 2 N–H and O–H groups in total. The summed E-state index contributed by atoms with van der Waals surface area (Å²) in [7, 11) is 0. The molecule has 26 heavy (non-hydrogen) atoms. The fraction of sp³-hybridized carbons (Fsp3) is 0.300. The van der Waals surface area contributed by atoms with Gasteiger partial charge in [0.15, 0.2) is 12.7 Å². The second-order valence-corrected chi connectivity index (χ2v) is 6.10. The molecule has 0 aliphatic rings. The second kappa shape index (κ2) is 8.89. The van der Waals surface area contributed by atoms with Crippen LogP contribution < -0.4 is 20.3 Å². The lowest BCUT2D eigenvalue weighted by molar-refractivity contribution is -0.133. The SMILES string of the molecule is Cc1ccc(OCC(=O)NNC(=O)C(C)Oc2cccc(C)c2C)cc1. The molecule has 2 aromatic carbocycles. The van der Waals surface area contributed by atoms with Crippen LogP contribution >= 0.6 is 0 Å². The maximum atomic E-state index is 12.1. The van der Waals surface area contributed by atoms with Gasteiger partial charge in [0, 0.05) is 0 Å². The molecular weight excluding hydrogens is 332 g/mol. The van der Waals surface area contributed by atoms with Crippen LogP contribution in [0.15, 0.2) is 42.5 Å². The molecule has 6 nitrogen and oxygen atoms in total. The van der Waals surface area contributed by atoms with Crippen molar-refractivity contribution in [1.29, 1.82) is 0 Å². The number of amides is 2. The van der Waals surface area contributed by atoms with E-state index in [4.69, 9.17) is 9.47 Å². The molecule has 0 radical (unpaired) electrons. The fourth-order valence-corrected chi connectivity index (χ4v) is 2.15. The Morgan fingerprint density at radius 1 is 1.00 bits per heavy atom. The minimum absolute atomic E-state index is 0.199. The zero-order valence-electron chi connectivity index (χ0n) is 15.5. The Hall–Kier alpha value is -3.02. The van der Waals surface area contributed by atoms with Gasteiger partial charge in [-0.2, -0.15) is 0 Å². The van der Waals surface area contributed by atoms with Gasteiger partial charge < -0.3 is 9.47 Å². The molecule has 0 saturated heterocycles. The van der Waals surface area contributed by atoms with Gasteiger partial charge in [0.05, 0.1) is 0 Å². The van der Waals surface area contributed by atoms with Gasteiger partial charge in [0.25, 0.3) is 11.8 Å². The summed E-state index contributed by atoms with van der Waals surface area (Å²) in [6.07, 6.45) is -0.756. The van der Waals surface area contributed by atoms with Crippen molar-refractivity contribution in [2.24, 2.45) is 0 Å². The second-order valence-electron chi connectivity index (χ2n) is 6.10. The van der Waals surface area contributed by atoms with Crippen molar-refractivity contribution in [1.82, 2.24) is 10.9 Å². The molecule has 0 spiro atoms. The molecule has 1 unspecified atom stereocenters. The third-order valence-electron chi connectivity index (χ3n) is 3.94.